The molecule has 0 saturated carbocycles. The van der Waals surface area contributed by atoms with Crippen molar-refractivity contribution in [2.24, 2.45) is 11.8 Å². The number of carbonyl (C=O) groups is 1. The molecule has 1 amide bonds. The summed E-state index contributed by atoms with van der Waals surface area (Å²) >= 11 is 0. The summed E-state index contributed by atoms with van der Waals surface area (Å²) in [4.78, 5) is 13.4. The number of likely N-dealkylation sites (tertiary alicyclic amines) is 1. The second-order valence-electron chi connectivity index (χ2n) is 4.83. The maximum absolute atomic E-state index is 11.9. The van der Waals surface area contributed by atoms with Crippen molar-refractivity contribution in [3.63, 3.8) is 0 Å². The predicted molar refractivity (Wildman–Crippen MR) is 69.4 cm³/mol. The van der Waals surface area contributed by atoms with Crippen LogP contribution in [0.4, 0.5) is 4.79 Å². The summed E-state index contributed by atoms with van der Waals surface area (Å²) in [7, 11) is 0. The fourth-order valence-corrected chi connectivity index (χ4v) is 2.31. The third-order valence-electron chi connectivity index (χ3n) is 3.51. The third kappa shape index (κ3) is 3.45. The van der Waals surface area contributed by atoms with Gasteiger partial charge in [0.05, 0.1) is 0 Å². The van der Waals surface area contributed by atoms with Crippen LogP contribution in [-0.2, 0) is 11.3 Å². The van der Waals surface area contributed by atoms with Crippen molar-refractivity contribution in [2.75, 3.05) is 26.3 Å². The molecule has 2 N–H and O–H groups in total. The number of aliphatic hydroxyl groups excluding tert-OH is 2. The van der Waals surface area contributed by atoms with E-state index in [2.05, 4.69) is 0 Å². The molecule has 1 aliphatic rings. The summed E-state index contributed by atoms with van der Waals surface area (Å²) in [6, 6.07) is 9.48. The summed E-state index contributed by atoms with van der Waals surface area (Å²) in [5.74, 6) is -0.122. The van der Waals surface area contributed by atoms with Crippen LogP contribution in [0.5, 0.6) is 0 Å². The monoisotopic (exact) mass is 265 g/mol. The Morgan fingerprint density at radius 2 is 1.74 bits per heavy atom. The highest BCUT2D eigenvalue weighted by atomic mass is 16.6. The second kappa shape index (κ2) is 6.54. The molecule has 1 aliphatic heterocycles. The van der Waals surface area contributed by atoms with Gasteiger partial charge in [0, 0.05) is 38.1 Å². The second-order valence-corrected chi connectivity index (χ2v) is 4.83. The van der Waals surface area contributed by atoms with Crippen LogP contribution in [0, 0.1) is 11.8 Å². The van der Waals surface area contributed by atoms with Gasteiger partial charge >= 0.3 is 6.09 Å². The number of nitrogens with zero attached hydrogens (tertiary/aromatic N) is 1. The van der Waals surface area contributed by atoms with E-state index < -0.39 is 6.09 Å². The Morgan fingerprint density at radius 3 is 2.26 bits per heavy atom. The Bertz CT molecular complexity index is 397. The minimum atomic E-state index is -0.391. The largest absolute Gasteiger partial charge is 0.445 e. The first-order valence-electron chi connectivity index (χ1n) is 6.42. The lowest BCUT2D eigenvalue weighted by Gasteiger charge is -2.16. The molecule has 0 bridgehead atoms. The molecule has 0 radical (unpaired) electrons. The molecule has 0 unspecified atom stereocenters. The van der Waals surface area contributed by atoms with Crippen LogP contribution in [0.25, 0.3) is 0 Å². The number of rotatable bonds is 4. The van der Waals surface area contributed by atoms with Gasteiger partial charge in [0.25, 0.3) is 0 Å². The molecule has 1 heterocycles. The summed E-state index contributed by atoms with van der Waals surface area (Å²) in [6.07, 6.45) is -0.391. The summed E-state index contributed by atoms with van der Waals surface area (Å²) in [5.41, 5.74) is 0.937. The average molecular weight is 265 g/mol. The van der Waals surface area contributed by atoms with Crippen molar-refractivity contribution in [1.29, 1.82) is 0 Å². The highest BCUT2D eigenvalue weighted by Gasteiger charge is 2.35. The molecule has 1 aromatic rings. The zero-order chi connectivity index (χ0) is 13.7. The van der Waals surface area contributed by atoms with Crippen LogP contribution < -0.4 is 0 Å². The number of aliphatic hydroxyl groups is 2. The standard InChI is InChI=1S/C14H19NO4/c16-8-12-6-15(7-13(12)9-17)14(18)19-10-11-4-2-1-3-5-11/h1-5,12-13,16-17H,6-10H2/t12-,13+. The van der Waals surface area contributed by atoms with Gasteiger partial charge in [0.15, 0.2) is 0 Å². The molecule has 0 aromatic heterocycles. The van der Waals surface area contributed by atoms with E-state index in [0.29, 0.717) is 13.1 Å². The van der Waals surface area contributed by atoms with Crippen LogP contribution in [0.15, 0.2) is 30.3 Å². The van der Waals surface area contributed by atoms with Crippen LogP contribution in [0.3, 0.4) is 0 Å². The van der Waals surface area contributed by atoms with E-state index >= 15 is 0 Å². The van der Waals surface area contributed by atoms with Crippen LogP contribution in [0.2, 0.25) is 0 Å². The lowest BCUT2D eigenvalue weighted by Crippen LogP contribution is -2.30. The summed E-state index contributed by atoms with van der Waals surface area (Å²) < 4.78 is 5.22. The Balaban J connectivity index is 1.84. The maximum atomic E-state index is 11.9. The number of ether oxygens (including phenoxy) is 1. The smallest absolute Gasteiger partial charge is 0.410 e. The zero-order valence-corrected chi connectivity index (χ0v) is 10.7. The van der Waals surface area contributed by atoms with Gasteiger partial charge in [-0.1, -0.05) is 30.3 Å². The Kier molecular flexibility index (Phi) is 4.76. The highest BCUT2D eigenvalue weighted by molar-refractivity contribution is 5.68. The molecule has 19 heavy (non-hydrogen) atoms. The zero-order valence-electron chi connectivity index (χ0n) is 10.7. The van der Waals surface area contributed by atoms with Gasteiger partial charge in [-0.05, 0) is 5.56 Å². The quantitative estimate of drug-likeness (QED) is 0.847. The predicted octanol–water partition coefficient (Wildman–Crippen LogP) is 0.856. The van der Waals surface area contributed by atoms with E-state index in [0.717, 1.165) is 5.56 Å². The van der Waals surface area contributed by atoms with Crippen molar-refractivity contribution in [1.82, 2.24) is 4.90 Å². The van der Waals surface area contributed by atoms with Gasteiger partial charge in [-0.25, -0.2) is 4.79 Å². The van der Waals surface area contributed by atoms with Crippen molar-refractivity contribution < 1.29 is 19.7 Å². The molecule has 2 atom stereocenters. The van der Waals surface area contributed by atoms with E-state index in [1.165, 1.54) is 0 Å². The maximum Gasteiger partial charge on any atom is 0.410 e. The molecule has 5 nitrogen and oxygen atoms in total. The van der Waals surface area contributed by atoms with E-state index in [1.54, 1.807) is 4.90 Å². The fourth-order valence-electron chi connectivity index (χ4n) is 2.31. The van der Waals surface area contributed by atoms with E-state index in [-0.39, 0.29) is 31.7 Å². The molecule has 0 spiro atoms. The Labute approximate surface area is 112 Å². The van der Waals surface area contributed by atoms with Crippen molar-refractivity contribution in [2.45, 2.75) is 6.61 Å². The van der Waals surface area contributed by atoms with Crippen molar-refractivity contribution in [3.8, 4) is 0 Å². The van der Waals surface area contributed by atoms with E-state index in [1.807, 2.05) is 30.3 Å². The van der Waals surface area contributed by atoms with E-state index in [4.69, 9.17) is 4.74 Å². The summed E-state index contributed by atoms with van der Waals surface area (Å²) in [6.45, 7) is 1.08. The number of carbonyl (C=O) groups excluding carboxylic acids is 1. The highest BCUT2D eigenvalue weighted by Crippen LogP contribution is 2.23. The lowest BCUT2D eigenvalue weighted by atomic mass is 9.98. The average Bonchev–Trinajstić information content (AvgIpc) is 2.89. The van der Waals surface area contributed by atoms with Gasteiger partial charge in [0.1, 0.15) is 6.61 Å². The lowest BCUT2D eigenvalue weighted by molar-refractivity contribution is 0.101. The van der Waals surface area contributed by atoms with Gasteiger partial charge in [-0.2, -0.15) is 0 Å². The first-order chi connectivity index (χ1) is 9.24. The minimum Gasteiger partial charge on any atom is -0.445 e. The number of amides is 1. The first-order valence-corrected chi connectivity index (χ1v) is 6.42. The van der Waals surface area contributed by atoms with Crippen molar-refractivity contribution >= 4 is 6.09 Å². The molecular formula is C14H19NO4. The normalized spacial score (nSPS) is 22.5. The summed E-state index contributed by atoms with van der Waals surface area (Å²) in [5, 5.41) is 18.4. The number of benzene rings is 1. The van der Waals surface area contributed by atoms with Crippen LogP contribution in [0.1, 0.15) is 5.56 Å². The Morgan fingerprint density at radius 1 is 1.16 bits per heavy atom. The van der Waals surface area contributed by atoms with Gasteiger partial charge in [-0.3, -0.25) is 0 Å². The molecule has 1 saturated heterocycles. The van der Waals surface area contributed by atoms with E-state index in [9.17, 15) is 15.0 Å². The third-order valence-corrected chi connectivity index (χ3v) is 3.51. The molecule has 5 heteroatoms. The topological polar surface area (TPSA) is 70.0 Å². The number of hydrogen-bond donors (Lipinski definition) is 2. The Hall–Kier alpha value is -1.59. The fraction of sp³-hybridized carbons (Fsp3) is 0.500. The van der Waals surface area contributed by atoms with Gasteiger partial charge in [-0.15, -0.1) is 0 Å². The first kappa shape index (κ1) is 13.8. The number of hydrogen-bond acceptors (Lipinski definition) is 4. The molecule has 1 aromatic carbocycles. The van der Waals surface area contributed by atoms with Gasteiger partial charge < -0.3 is 19.8 Å². The molecule has 104 valence electrons. The minimum absolute atomic E-state index is 0.0201. The molecule has 1 fully saturated rings. The van der Waals surface area contributed by atoms with Crippen LogP contribution in [-0.4, -0.2) is 47.5 Å². The van der Waals surface area contributed by atoms with Crippen molar-refractivity contribution in [3.05, 3.63) is 35.9 Å². The SMILES string of the molecule is O=C(OCc1ccccc1)N1C[C@@H](CO)[C@@H](CO)C1. The molecular weight excluding hydrogens is 246 g/mol. The molecule has 0 aliphatic carbocycles. The van der Waals surface area contributed by atoms with Gasteiger partial charge in [0.2, 0.25) is 0 Å². The van der Waals surface area contributed by atoms with Crippen LogP contribution >= 0.6 is 0 Å². The molecule has 2 rings (SSSR count).